The number of carbonyl (C=O) groups is 1. The zero-order chi connectivity index (χ0) is 23.4. The van der Waals surface area contributed by atoms with Gasteiger partial charge in [-0.3, -0.25) is 4.79 Å². The van der Waals surface area contributed by atoms with E-state index in [1.807, 2.05) is 13.0 Å². The molecule has 0 bridgehead atoms. The SMILES string of the molecule is Cc1cc(Nc2nccc(C(F)(F)F)n2)cc(-c2cnc(NC3CCCCNC3=O)nc2)c1. The van der Waals surface area contributed by atoms with Crippen LogP contribution in [0.25, 0.3) is 11.1 Å². The van der Waals surface area contributed by atoms with Gasteiger partial charge < -0.3 is 16.0 Å². The molecule has 0 radical (unpaired) electrons. The molecule has 0 aliphatic carbocycles. The van der Waals surface area contributed by atoms with Gasteiger partial charge >= 0.3 is 6.18 Å². The number of aromatic nitrogens is 4. The third kappa shape index (κ3) is 5.73. The second kappa shape index (κ2) is 9.39. The largest absolute Gasteiger partial charge is 0.433 e. The Hall–Kier alpha value is -3.76. The van der Waals surface area contributed by atoms with Crippen LogP contribution in [0, 0.1) is 6.92 Å². The van der Waals surface area contributed by atoms with E-state index in [0.29, 0.717) is 30.2 Å². The average Bonchev–Trinajstić information content (AvgIpc) is 2.97. The van der Waals surface area contributed by atoms with Crippen molar-refractivity contribution in [1.29, 1.82) is 0 Å². The van der Waals surface area contributed by atoms with E-state index in [4.69, 9.17) is 0 Å². The lowest BCUT2D eigenvalue weighted by atomic mass is 10.1. The molecular formula is C22H22F3N7O. The highest BCUT2D eigenvalue weighted by Gasteiger charge is 2.32. The van der Waals surface area contributed by atoms with Crippen LogP contribution in [0.1, 0.15) is 30.5 Å². The van der Waals surface area contributed by atoms with Gasteiger partial charge in [-0.2, -0.15) is 13.2 Å². The molecule has 0 spiro atoms. The molecular weight excluding hydrogens is 435 g/mol. The fourth-order valence-corrected chi connectivity index (χ4v) is 3.51. The number of hydrogen-bond donors (Lipinski definition) is 3. The van der Waals surface area contributed by atoms with Crippen LogP contribution in [-0.4, -0.2) is 38.4 Å². The Labute approximate surface area is 188 Å². The summed E-state index contributed by atoms with van der Waals surface area (Å²) in [5.74, 6) is 0.134. The van der Waals surface area contributed by atoms with E-state index < -0.39 is 11.9 Å². The van der Waals surface area contributed by atoms with Crippen molar-refractivity contribution in [1.82, 2.24) is 25.3 Å². The highest BCUT2D eigenvalue weighted by molar-refractivity contribution is 5.84. The standard InChI is InChI=1S/C22H22F3N7O/c1-13-8-14(10-16(9-13)30-21-27-7-5-18(32-21)22(23,24)25)15-11-28-20(29-12-15)31-17-4-2-3-6-26-19(17)33/h5,7-12,17H,2-4,6H2,1H3,(H,26,33)(H,27,30,32)(H,28,29,31). The molecule has 1 unspecified atom stereocenters. The number of halogens is 3. The minimum Gasteiger partial charge on any atom is -0.354 e. The summed E-state index contributed by atoms with van der Waals surface area (Å²) in [5, 5.41) is 8.75. The summed E-state index contributed by atoms with van der Waals surface area (Å²) in [6.45, 7) is 2.54. The molecule has 2 aromatic heterocycles. The maximum Gasteiger partial charge on any atom is 0.433 e. The van der Waals surface area contributed by atoms with Crippen LogP contribution in [0.3, 0.4) is 0 Å². The number of benzene rings is 1. The lowest BCUT2D eigenvalue weighted by Crippen LogP contribution is -2.38. The van der Waals surface area contributed by atoms with E-state index in [1.165, 1.54) is 0 Å². The Balaban J connectivity index is 1.51. The second-order valence-electron chi connectivity index (χ2n) is 7.76. The van der Waals surface area contributed by atoms with Gasteiger partial charge in [-0.15, -0.1) is 0 Å². The molecule has 1 aromatic carbocycles. The van der Waals surface area contributed by atoms with Crippen molar-refractivity contribution >= 4 is 23.5 Å². The first-order chi connectivity index (χ1) is 15.8. The number of amides is 1. The van der Waals surface area contributed by atoms with E-state index >= 15 is 0 Å². The molecule has 4 rings (SSSR count). The van der Waals surface area contributed by atoms with Crippen LogP contribution in [0.5, 0.6) is 0 Å². The first-order valence-electron chi connectivity index (χ1n) is 10.4. The molecule has 3 aromatic rings. The van der Waals surface area contributed by atoms with Crippen molar-refractivity contribution in [3.8, 4) is 11.1 Å². The number of anilines is 3. The highest BCUT2D eigenvalue weighted by atomic mass is 19.4. The lowest BCUT2D eigenvalue weighted by molar-refractivity contribution is -0.141. The smallest absolute Gasteiger partial charge is 0.354 e. The maximum atomic E-state index is 12.9. The lowest BCUT2D eigenvalue weighted by Gasteiger charge is -2.15. The number of carbonyl (C=O) groups excluding carboxylic acids is 1. The van der Waals surface area contributed by atoms with Crippen LogP contribution in [-0.2, 0) is 11.0 Å². The van der Waals surface area contributed by atoms with Crippen molar-refractivity contribution < 1.29 is 18.0 Å². The highest BCUT2D eigenvalue weighted by Crippen LogP contribution is 2.29. The molecule has 1 amide bonds. The predicted molar refractivity (Wildman–Crippen MR) is 117 cm³/mol. The quantitative estimate of drug-likeness (QED) is 0.530. The Morgan fingerprint density at radius 3 is 2.58 bits per heavy atom. The number of alkyl halides is 3. The molecule has 1 aliphatic rings. The topological polar surface area (TPSA) is 105 Å². The van der Waals surface area contributed by atoms with E-state index in [9.17, 15) is 18.0 Å². The Morgan fingerprint density at radius 1 is 1.03 bits per heavy atom. The van der Waals surface area contributed by atoms with Gasteiger partial charge in [0.1, 0.15) is 11.7 Å². The minimum atomic E-state index is -4.55. The van der Waals surface area contributed by atoms with Gasteiger partial charge in [-0.05, 0) is 55.5 Å². The normalized spacial score (nSPS) is 16.6. The molecule has 3 N–H and O–H groups in total. The third-order valence-electron chi connectivity index (χ3n) is 5.10. The molecule has 1 fully saturated rings. The monoisotopic (exact) mass is 457 g/mol. The van der Waals surface area contributed by atoms with Crippen LogP contribution in [0.4, 0.5) is 30.8 Å². The number of rotatable bonds is 5. The van der Waals surface area contributed by atoms with Crippen LogP contribution in [0.15, 0.2) is 42.9 Å². The Kier molecular flexibility index (Phi) is 6.38. The Bertz CT molecular complexity index is 1140. The number of nitrogens with zero attached hydrogens (tertiary/aromatic N) is 4. The van der Waals surface area contributed by atoms with Gasteiger partial charge in [0.25, 0.3) is 0 Å². The first-order valence-corrected chi connectivity index (χ1v) is 10.4. The van der Waals surface area contributed by atoms with Crippen molar-refractivity contribution in [3.63, 3.8) is 0 Å². The van der Waals surface area contributed by atoms with Crippen molar-refractivity contribution in [2.24, 2.45) is 0 Å². The number of nitrogens with one attached hydrogen (secondary N) is 3. The van der Waals surface area contributed by atoms with E-state index in [2.05, 4.69) is 35.9 Å². The average molecular weight is 457 g/mol. The van der Waals surface area contributed by atoms with Crippen molar-refractivity contribution in [2.75, 3.05) is 17.2 Å². The summed E-state index contributed by atoms with van der Waals surface area (Å²) in [4.78, 5) is 28.2. The molecule has 1 saturated heterocycles. The third-order valence-corrected chi connectivity index (χ3v) is 5.10. The second-order valence-corrected chi connectivity index (χ2v) is 7.76. The number of hydrogen-bond acceptors (Lipinski definition) is 7. The molecule has 172 valence electrons. The molecule has 0 saturated carbocycles. The van der Waals surface area contributed by atoms with Crippen LogP contribution >= 0.6 is 0 Å². The summed E-state index contributed by atoms with van der Waals surface area (Å²) < 4.78 is 38.8. The maximum absolute atomic E-state index is 12.9. The van der Waals surface area contributed by atoms with E-state index in [-0.39, 0.29) is 17.9 Å². The van der Waals surface area contributed by atoms with E-state index in [1.54, 1.807) is 24.5 Å². The molecule has 11 heteroatoms. The predicted octanol–water partition coefficient (Wildman–Crippen LogP) is 4.09. The summed E-state index contributed by atoms with van der Waals surface area (Å²) in [7, 11) is 0. The van der Waals surface area contributed by atoms with E-state index in [0.717, 1.165) is 36.2 Å². The van der Waals surface area contributed by atoms with Gasteiger partial charge in [0.05, 0.1) is 0 Å². The van der Waals surface area contributed by atoms with Crippen molar-refractivity contribution in [2.45, 2.75) is 38.4 Å². The summed E-state index contributed by atoms with van der Waals surface area (Å²) in [5.41, 5.74) is 1.86. The number of aryl methyl sites for hydroxylation is 1. The molecule has 1 atom stereocenters. The summed E-state index contributed by atoms with van der Waals surface area (Å²) in [6.07, 6.45) is 2.35. The van der Waals surface area contributed by atoms with Gasteiger partial charge in [0, 0.05) is 36.4 Å². The Morgan fingerprint density at radius 2 is 1.82 bits per heavy atom. The molecule has 8 nitrogen and oxygen atoms in total. The fraction of sp³-hybridized carbons (Fsp3) is 0.318. The van der Waals surface area contributed by atoms with Gasteiger partial charge in [0.2, 0.25) is 17.8 Å². The van der Waals surface area contributed by atoms with Gasteiger partial charge in [-0.1, -0.05) is 6.07 Å². The van der Waals surface area contributed by atoms with Gasteiger partial charge in [-0.25, -0.2) is 19.9 Å². The molecule has 33 heavy (non-hydrogen) atoms. The molecule has 1 aliphatic heterocycles. The minimum absolute atomic E-state index is 0.0635. The zero-order valence-corrected chi connectivity index (χ0v) is 17.8. The summed E-state index contributed by atoms with van der Waals surface area (Å²) >= 11 is 0. The molecule has 3 heterocycles. The van der Waals surface area contributed by atoms with Gasteiger partial charge in [0.15, 0.2) is 0 Å². The van der Waals surface area contributed by atoms with Crippen molar-refractivity contribution in [3.05, 3.63) is 54.1 Å². The van der Waals surface area contributed by atoms with Crippen LogP contribution in [0.2, 0.25) is 0 Å². The summed E-state index contributed by atoms with van der Waals surface area (Å²) in [6, 6.07) is 5.87. The first kappa shape index (κ1) is 22.4. The van der Waals surface area contributed by atoms with Crippen LogP contribution < -0.4 is 16.0 Å². The fourth-order valence-electron chi connectivity index (χ4n) is 3.51. The zero-order valence-electron chi connectivity index (χ0n) is 17.8.